The summed E-state index contributed by atoms with van der Waals surface area (Å²) >= 11 is 0.138. The minimum atomic E-state index is 0.138. The van der Waals surface area contributed by atoms with Gasteiger partial charge in [0.05, 0.1) is 0 Å². The monoisotopic (exact) mass is 235 g/mol. The normalized spacial score (nSPS) is 12.6. The molecule has 0 aromatic rings. The maximum absolute atomic E-state index is 9.92. The zero-order chi connectivity index (χ0) is 5.70. The van der Waals surface area contributed by atoms with E-state index in [0.717, 1.165) is 0 Å². The van der Waals surface area contributed by atoms with E-state index in [-0.39, 0.29) is 20.7 Å². The minimum absolute atomic E-state index is 0.138. The molecule has 0 spiro atoms. The van der Waals surface area contributed by atoms with Crippen LogP contribution in [0.4, 0.5) is 0 Å². The molecule has 1 atom stereocenters. The Hall–Kier alpha value is 1.04. The fourth-order valence-electron chi connectivity index (χ4n) is 0.0831. The molecule has 0 saturated carbocycles. The second kappa shape index (κ2) is 5.18. The van der Waals surface area contributed by atoms with Crippen LogP contribution in [0.3, 0.4) is 0 Å². The number of rotatable bonds is 3. The Bertz CT molecular complexity index is 44.7. The molecule has 0 bridgehead atoms. The molecule has 0 saturated heterocycles. The maximum atomic E-state index is 9.92. The van der Waals surface area contributed by atoms with Gasteiger partial charge in [0, 0.05) is 0 Å². The topological polar surface area (TPSA) is 35.5 Å². The van der Waals surface area contributed by atoms with E-state index >= 15 is 0 Å². The molecule has 0 aliphatic heterocycles. The molecule has 0 aliphatic carbocycles. The van der Waals surface area contributed by atoms with Crippen LogP contribution in [-0.2, 0) is 4.62 Å². The Balaban J connectivity index is 2.68. The zero-order valence-corrected chi connectivity index (χ0v) is 7.30. The average molecular weight is 235 g/mol. The fourth-order valence-corrected chi connectivity index (χ4v) is 1.67. The number of nitrogens with zero attached hydrogens (tertiary/aromatic N) is 1. The van der Waals surface area contributed by atoms with Crippen LogP contribution in [0.15, 0.2) is 0 Å². The first kappa shape index (κ1) is 8.04. The predicted molar refractivity (Wildman–Crippen MR) is 26.5 cm³/mol. The summed E-state index contributed by atoms with van der Waals surface area (Å²) in [6.45, 7) is 0.419. The summed E-state index contributed by atoms with van der Waals surface area (Å²) in [4.78, 5) is 2.07. The Morgan fingerprint density at radius 3 is 2.57 bits per heavy atom. The van der Waals surface area contributed by atoms with Gasteiger partial charge in [-0.25, -0.2) is 0 Å². The Morgan fingerprint density at radius 1 is 1.86 bits per heavy atom. The van der Waals surface area contributed by atoms with Crippen LogP contribution in [0.5, 0.6) is 0 Å². The summed E-state index contributed by atoms with van der Waals surface area (Å²) in [5.74, 6) is 0. The Labute approximate surface area is 54.4 Å². The van der Waals surface area contributed by atoms with Crippen molar-refractivity contribution < 1.29 is 25.3 Å². The van der Waals surface area contributed by atoms with Gasteiger partial charge in [-0.2, -0.15) is 0 Å². The molecule has 0 aromatic carbocycles. The van der Waals surface area contributed by atoms with Crippen molar-refractivity contribution in [3.63, 3.8) is 0 Å². The molecule has 0 heterocycles. The summed E-state index contributed by atoms with van der Waals surface area (Å²) in [5.41, 5.74) is 0. The Kier molecular flexibility index (Phi) is 5.95. The summed E-state index contributed by atoms with van der Waals surface area (Å²) in [6.07, 6.45) is 0. The first-order valence-electron chi connectivity index (χ1n) is 1.58. The SMILES string of the molecule is C[I-]PON(C)[O-]. The van der Waals surface area contributed by atoms with Crippen LogP contribution in [0.1, 0.15) is 0 Å². The van der Waals surface area contributed by atoms with E-state index in [2.05, 4.69) is 9.55 Å². The first-order valence-corrected chi connectivity index (χ1v) is 7.76. The molecule has 0 amide bonds. The van der Waals surface area contributed by atoms with Crippen molar-refractivity contribution >= 4 is 6.45 Å². The van der Waals surface area contributed by atoms with Gasteiger partial charge < -0.3 is 0 Å². The molecular formula is C2H7INO2P-2. The molecule has 1 unspecified atom stereocenters. The standard InChI is InChI=1S/C2H7INO2P/c1-3-7-6-4(2)5/h7H,1-2H3/q-2. The average Bonchev–Trinajstić information content (AvgIpc) is 1.61. The number of hydrogen-bond donors (Lipinski definition) is 0. The van der Waals surface area contributed by atoms with Crippen molar-refractivity contribution in [3.05, 3.63) is 5.21 Å². The van der Waals surface area contributed by atoms with E-state index in [1.807, 2.05) is 0 Å². The Morgan fingerprint density at radius 2 is 2.43 bits per heavy atom. The van der Waals surface area contributed by atoms with E-state index in [1.54, 1.807) is 0 Å². The van der Waals surface area contributed by atoms with Gasteiger partial charge in [-0.15, -0.1) is 0 Å². The van der Waals surface area contributed by atoms with Crippen molar-refractivity contribution in [1.82, 2.24) is 5.23 Å². The van der Waals surface area contributed by atoms with E-state index in [0.29, 0.717) is 11.7 Å². The molecule has 0 aromatic heterocycles. The summed E-state index contributed by atoms with van der Waals surface area (Å²) in [6, 6.07) is 0. The molecular weight excluding hydrogens is 228 g/mol. The van der Waals surface area contributed by atoms with Gasteiger partial charge >= 0.3 is 54.1 Å². The number of hydroxylamine groups is 2. The quantitative estimate of drug-likeness (QED) is 0.236. The third kappa shape index (κ3) is 7.04. The van der Waals surface area contributed by atoms with E-state index < -0.39 is 0 Å². The van der Waals surface area contributed by atoms with Crippen LogP contribution >= 0.6 is 6.45 Å². The van der Waals surface area contributed by atoms with Crippen molar-refractivity contribution in [2.24, 2.45) is 0 Å². The van der Waals surface area contributed by atoms with Gasteiger partial charge in [0.25, 0.3) is 0 Å². The van der Waals surface area contributed by atoms with Gasteiger partial charge in [0.2, 0.25) is 0 Å². The van der Waals surface area contributed by atoms with Crippen molar-refractivity contribution in [2.75, 3.05) is 12.0 Å². The van der Waals surface area contributed by atoms with Gasteiger partial charge in [-0.05, 0) is 0 Å². The van der Waals surface area contributed by atoms with Crippen LogP contribution in [-0.4, -0.2) is 17.2 Å². The third-order valence-corrected chi connectivity index (χ3v) is 2.63. The summed E-state index contributed by atoms with van der Waals surface area (Å²) < 4.78 is 4.55. The molecule has 7 heavy (non-hydrogen) atoms. The van der Waals surface area contributed by atoms with Crippen LogP contribution in [0, 0.1) is 5.21 Å². The van der Waals surface area contributed by atoms with Gasteiger partial charge in [-0.1, -0.05) is 0 Å². The molecule has 0 rings (SSSR count). The zero-order valence-electron chi connectivity index (χ0n) is 4.14. The van der Waals surface area contributed by atoms with Crippen molar-refractivity contribution in [2.45, 2.75) is 0 Å². The second-order valence-corrected chi connectivity index (χ2v) is 6.07. The number of hydrogen-bond acceptors (Lipinski definition) is 3. The van der Waals surface area contributed by atoms with E-state index in [4.69, 9.17) is 0 Å². The molecule has 0 N–H and O–H groups in total. The predicted octanol–water partition coefficient (Wildman–Crippen LogP) is -2.43. The molecule has 0 aliphatic rings. The van der Waals surface area contributed by atoms with Crippen LogP contribution in [0.2, 0.25) is 0 Å². The molecule has 46 valence electrons. The fraction of sp³-hybridized carbons (Fsp3) is 1.00. The van der Waals surface area contributed by atoms with Gasteiger partial charge in [0.15, 0.2) is 0 Å². The first-order chi connectivity index (χ1) is 3.27. The third-order valence-electron chi connectivity index (χ3n) is 0.240. The van der Waals surface area contributed by atoms with Crippen molar-refractivity contribution in [1.29, 1.82) is 0 Å². The van der Waals surface area contributed by atoms with E-state index in [1.165, 1.54) is 7.05 Å². The molecule has 0 fully saturated rings. The number of halogens is 1. The molecule has 0 radical (unpaired) electrons. The van der Waals surface area contributed by atoms with Crippen molar-refractivity contribution in [3.8, 4) is 0 Å². The van der Waals surface area contributed by atoms with Crippen LogP contribution in [0.25, 0.3) is 0 Å². The second-order valence-electron chi connectivity index (χ2n) is 0.797. The van der Waals surface area contributed by atoms with Gasteiger partial charge in [0.1, 0.15) is 0 Å². The van der Waals surface area contributed by atoms with E-state index in [9.17, 15) is 5.21 Å². The summed E-state index contributed by atoms with van der Waals surface area (Å²) in [7, 11) is 1.35. The summed E-state index contributed by atoms with van der Waals surface area (Å²) in [5, 5.41) is 10.4. The number of alkyl halides is 1. The molecule has 3 nitrogen and oxygen atoms in total. The van der Waals surface area contributed by atoms with Gasteiger partial charge in [-0.3, -0.25) is 0 Å². The molecule has 5 heteroatoms. The van der Waals surface area contributed by atoms with Crippen LogP contribution < -0.4 is 20.7 Å².